The molecule has 2 heterocycles. The van der Waals surface area contributed by atoms with E-state index >= 15 is 0 Å². The lowest BCUT2D eigenvalue weighted by molar-refractivity contribution is 0.0861. The van der Waals surface area contributed by atoms with E-state index in [4.69, 9.17) is 4.74 Å². The maximum atomic E-state index is 12.3. The van der Waals surface area contributed by atoms with Gasteiger partial charge < -0.3 is 10.1 Å². The SMILES string of the molecule is Cc1ccc(-c2nnsc2C(=O)NC[C@@H]2CCCO2)cc1. The van der Waals surface area contributed by atoms with E-state index in [0.29, 0.717) is 17.1 Å². The zero-order chi connectivity index (χ0) is 14.7. The van der Waals surface area contributed by atoms with Crippen molar-refractivity contribution in [1.82, 2.24) is 14.9 Å². The van der Waals surface area contributed by atoms with Crippen molar-refractivity contribution in [3.8, 4) is 11.3 Å². The van der Waals surface area contributed by atoms with Crippen LogP contribution in [-0.2, 0) is 4.74 Å². The fourth-order valence-electron chi connectivity index (χ4n) is 2.33. The van der Waals surface area contributed by atoms with Gasteiger partial charge in [-0.3, -0.25) is 4.79 Å². The predicted octanol–water partition coefficient (Wildman–Crippen LogP) is 2.42. The van der Waals surface area contributed by atoms with Gasteiger partial charge in [-0.1, -0.05) is 34.3 Å². The molecule has 0 unspecified atom stereocenters. The van der Waals surface area contributed by atoms with E-state index < -0.39 is 0 Å². The Hall–Kier alpha value is -1.79. The Morgan fingerprint density at radius 1 is 1.43 bits per heavy atom. The summed E-state index contributed by atoms with van der Waals surface area (Å²) in [6.45, 7) is 3.36. The Morgan fingerprint density at radius 2 is 2.24 bits per heavy atom. The van der Waals surface area contributed by atoms with Crippen LogP contribution in [-0.4, -0.2) is 34.7 Å². The molecule has 110 valence electrons. The van der Waals surface area contributed by atoms with Gasteiger partial charge in [0, 0.05) is 18.7 Å². The third-order valence-electron chi connectivity index (χ3n) is 3.53. The first-order valence-corrected chi connectivity index (χ1v) is 7.80. The molecule has 6 heteroatoms. The summed E-state index contributed by atoms with van der Waals surface area (Å²) in [5.74, 6) is -0.129. The molecular formula is C15H17N3O2S. The first-order chi connectivity index (χ1) is 10.2. The molecule has 1 fully saturated rings. The van der Waals surface area contributed by atoms with Crippen LogP contribution in [0.25, 0.3) is 11.3 Å². The molecule has 1 aliphatic heterocycles. The average molecular weight is 303 g/mol. The number of nitrogens with one attached hydrogen (secondary N) is 1. The number of carbonyl (C=O) groups excluding carboxylic acids is 1. The molecule has 1 amide bonds. The van der Waals surface area contributed by atoms with Crippen LogP contribution < -0.4 is 5.32 Å². The van der Waals surface area contributed by atoms with Gasteiger partial charge in [0.05, 0.1) is 6.10 Å². The third-order valence-corrected chi connectivity index (χ3v) is 4.26. The monoisotopic (exact) mass is 303 g/mol. The van der Waals surface area contributed by atoms with Crippen LogP contribution in [0.4, 0.5) is 0 Å². The van der Waals surface area contributed by atoms with Gasteiger partial charge in [-0.05, 0) is 31.3 Å². The molecule has 1 atom stereocenters. The van der Waals surface area contributed by atoms with Gasteiger partial charge in [-0.2, -0.15) is 0 Å². The summed E-state index contributed by atoms with van der Waals surface area (Å²) in [6.07, 6.45) is 2.21. The Kier molecular flexibility index (Phi) is 4.26. The second-order valence-corrected chi connectivity index (χ2v) is 5.92. The largest absolute Gasteiger partial charge is 0.376 e. The molecule has 1 N–H and O–H groups in total. The van der Waals surface area contributed by atoms with Crippen molar-refractivity contribution in [1.29, 1.82) is 0 Å². The minimum Gasteiger partial charge on any atom is -0.376 e. The summed E-state index contributed by atoms with van der Waals surface area (Å²) in [4.78, 5) is 12.8. The Balaban J connectivity index is 1.72. The highest BCUT2D eigenvalue weighted by molar-refractivity contribution is 7.08. The van der Waals surface area contributed by atoms with Crippen LogP contribution in [0, 0.1) is 6.92 Å². The number of hydrogen-bond donors (Lipinski definition) is 1. The van der Waals surface area contributed by atoms with E-state index in [9.17, 15) is 4.79 Å². The number of benzene rings is 1. The van der Waals surface area contributed by atoms with Crippen LogP contribution in [0.2, 0.25) is 0 Å². The van der Waals surface area contributed by atoms with Crippen molar-refractivity contribution in [3.05, 3.63) is 34.7 Å². The maximum absolute atomic E-state index is 12.3. The molecule has 21 heavy (non-hydrogen) atoms. The molecule has 3 rings (SSSR count). The van der Waals surface area contributed by atoms with Gasteiger partial charge in [0.15, 0.2) is 0 Å². The summed E-state index contributed by atoms with van der Waals surface area (Å²) >= 11 is 1.13. The lowest BCUT2D eigenvalue weighted by Crippen LogP contribution is -2.31. The zero-order valence-corrected chi connectivity index (χ0v) is 12.7. The first-order valence-electron chi connectivity index (χ1n) is 7.03. The van der Waals surface area contributed by atoms with Gasteiger partial charge in [0.25, 0.3) is 5.91 Å². The summed E-state index contributed by atoms with van der Waals surface area (Å²) < 4.78 is 9.43. The van der Waals surface area contributed by atoms with E-state index in [1.807, 2.05) is 31.2 Å². The molecule has 1 aromatic heterocycles. The minimum absolute atomic E-state index is 0.129. The zero-order valence-electron chi connectivity index (χ0n) is 11.8. The molecule has 1 aliphatic rings. The lowest BCUT2D eigenvalue weighted by atomic mass is 10.1. The summed E-state index contributed by atoms with van der Waals surface area (Å²) in [5, 5.41) is 7.01. The van der Waals surface area contributed by atoms with Crippen LogP contribution in [0.1, 0.15) is 28.1 Å². The number of aryl methyl sites for hydroxylation is 1. The van der Waals surface area contributed by atoms with Gasteiger partial charge in [0.2, 0.25) is 0 Å². The molecule has 2 aromatic rings. The van der Waals surface area contributed by atoms with Crippen LogP contribution in [0.5, 0.6) is 0 Å². The number of amides is 1. The third kappa shape index (κ3) is 3.28. The number of carbonyl (C=O) groups is 1. The molecule has 5 nitrogen and oxygen atoms in total. The van der Waals surface area contributed by atoms with E-state index in [-0.39, 0.29) is 12.0 Å². The smallest absolute Gasteiger partial charge is 0.265 e. The second-order valence-electron chi connectivity index (χ2n) is 5.16. The van der Waals surface area contributed by atoms with E-state index in [1.165, 1.54) is 5.56 Å². The van der Waals surface area contributed by atoms with Crippen molar-refractivity contribution in [2.45, 2.75) is 25.9 Å². The lowest BCUT2D eigenvalue weighted by Gasteiger charge is -2.10. The van der Waals surface area contributed by atoms with Crippen molar-refractivity contribution in [2.24, 2.45) is 0 Å². The Morgan fingerprint density at radius 3 is 2.95 bits per heavy atom. The number of rotatable bonds is 4. The summed E-state index contributed by atoms with van der Waals surface area (Å²) in [5.41, 5.74) is 2.73. The van der Waals surface area contributed by atoms with E-state index in [1.54, 1.807) is 0 Å². The predicted molar refractivity (Wildman–Crippen MR) is 81.4 cm³/mol. The number of aromatic nitrogens is 2. The highest BCUT2D eigenvalue weighted by Crippen LogP contribution is 2.24. The summed E-state index contributed by atoms with van der Waals surface area (Å²) in [7, 11) is 0. The fraction of sp³-hybridized carbons (Fsp3) is 0.400. The van der Waals surface area contributed by atoms with Crippen molar-refractivity contribution < 1.29 is 9.53 Å². The standard InChI is InChI=1S/C15H17N3O2S/c1-10-4-6-11(7-5-10)13-14(21-18-17-13)15(19)16-9-12-3-2-8-20-12/h4-7,12H,2-3,8-9H2,1H3,(H,16,19)/t12-/m0/s1. The molecule has 0 bridgehead atoms. The average Bonchev–Trinajstić information content (AvgIpc) is 3.17. The normalized spacial score (nSPS) is 17.9. The number of nitrogens with zero attached hydrogens (tertiary/aromatic N) is 2. The van der Waals surface area contributed by atoms with E-state index in [0.717, 1.165) is 36.5 Å². The Labute approximate surface area is 127 Å². The van der Waals surface area contributed by atoms with Crippen molar-refractivity contribution in [3.63, 3.8) is 0 Å². The molecule has 1 saturated heterocycles. The second kappa shape index (κ2) is 6.32. The quantitative estimate of drug-likeness (QED) is 0.942. The summed E-state index contributed by atoms with van der Waals surface area (Å²) in [6, 6.07) is 7.93. The maximum Gasteiger partial charge on any atom is 0.265 e. The molecule has 0 saturated carbocycles. The van der Waals surface area contributed by atoms with E-state index in [2.05, 4.69) is 14.9 Å². The highest BCUT2D eigenvalue weighted by atomic mass is 32.1. The molecule has 0 radical (unpaired) electrons. The van der Waals surface area contributed by atoms with Crippen LogP contribution >= 0.6 is 11.5 Å². The molecular weight excluding hydrogens is 286 g/mol. The van der Waals surface area contributed by atoms with Crippen LogP contribution in [0.3, 0.4) is 0 Å². The van der Waals surface area contributed by atoms with Crippen molar-refractivity contribution >= 4 is 17.4 Å². The molecule has 0 aliphatic carbocycles. The highest BCUT2D eigenvalue weighted by Gasteiger charge is 2.20. The van der Waals surface area contributed by atoms with Gasteiger partial charge >= 0.3 is 0 Å². The number of ether oxygens (including phenoxy) is 1. The van der Waals surface area contributed by atoms with Crippen LogP contribution in [0.15, 0.2) is 24.3 Å². The fourth-order valence-corrected chi connectivity index (χ4v) is 2.94. The molecule has 1 aromatic carbocycles. The minimum atomic E-state index is -0.129. The van der Waals surface area contributed by atoms with Gasteiger partial charge in [-0.25, -0.2) is 0 Å². The molecule has 0 spiro atoms. The first kappa shape index (κ1) is 14.2. The Bertz CT molecular complexity index is 618. The van der Waals surface area contributed by atoms with Crippen molar-refractivity contribution in [2.75, 3.05) is 13.2 Å². The van der Waals surface area contributed by atoms with Gasteiger partial charge in [0.1, 0.15) is 10.6 Å². The topological polar surface area (TPSA) is 64.1 Å². The number of hydrogen-bond acceptors (Lipinski definition) is 5. The van der Waals surface area contributed by atoms with Gasteiger partial charge in [-0.15, -0.1) is 5.10 Å².